The number of rotatable bonds is 22. The van der Waals surface area contributed by atoms with Crippen LogP contribution in [0.1, 0.15) is 120 Å². The Morgan fingerprint density at radius 2 is 1.48 bits per heavy atom. The lowest BCUT2D eigenvalue weighted by atomic mass is 9.88. The smallest absolute Gasteiger partial charge is 0.329 e. The van der Waals surface area contributed by atoms with E-state index in [2.05, 4.69) is 29.4 Å². The van der Waals surface area contributed by atoms with Crippen molar-refractivity contribution < 1.29 is 38.2 Å². The molecule has 1 aromatic carbocycles. The van der Waals surface area contributed by atoms with Gasteiger partial charge in [0.1, 0.15) is 17.7 Å². The fraction of sp³-hybridized carbons (Fsp3) is 0.766. The predicted molar refractivity (Wildman–Crippen MR) is 235 cm³/mol. The van der Waals surface area contributed by atoms with Crippen LogP contribution in [0.25, 0.3) is 0 Å². The zero-order valence-electron chi connectivity index (χ0n) is 39.3. The first-order valence-electron chi connectivity index (χ1n) is 22.4. The molecule has 0 aromatic heterocycles. The molecule has 340 valence electrons. The molecule has 1 aromatic rings. The van der Waals surface area contributed by atoms with Crippen LogP contribution in [0.15, 0.2) is 30.3 Å². The number of nitrogens with one attached hydrogen (secondary N) is 2. The van der Waals surface area contributed by atoms with E-state index in [4.69, 9.17) is 14.2 Å². The van der Waals surface area contributed by atoms with Crippen LogP contribution in [0.5, 0.6) is 0 Å². The minimum atomic E-state index is -0.922. The van der Waals surface area contributed by atoms with Crippen molar-refractivity contribution in [1.29, 1.82) is 0 Å². The molecule has 3 rings (SSSR count). The van der Waals surface area contributed by atoms with Gasteiger partial charge in [0.25, 0.3) is 0 Å². The van der Waals surface area contributed by atoms with Gasteiger partial charge in [-0.2, -0.15) is 0 Å². The third kappa shape index (κ3) is 13.5. The first kappa shape index (κ1) is 50.8. The summed E-state index contributed by atoms with van der Waals surface area (Å²) in [5.41, 5.74) is 0.136. The van der Waals surface area contributed by atoms with Gasteiger partial charge in [0.2, 0.25) is 23.6 Å². The summed E-state index contributed by atoms with van der Waals surface area (Å²) in [5.74, 6) is -2.29. The lowest BCUT2D eigenvalue weighted by Gasteiger charge is -2.42. The fourth-order valence-corrected chi connectivity index (χ4v) is 8.98. The number of esters is 1. The van der Waals surface area contributed by atoms with Gasteiger partial charge in [-0.05, 0) is 76.8 Å². The molecule has 60 heavy (non-hydrogen) atoms. The van der Waals surface area contributed by atoms with Gasteiger partial charge in [-0.15, -0.1) is 0 Å². The Kier molecular flexibility index (Phi) is 19.5. The minimum absolute atomic E-state index is 0.00867. The van der Waals surface area contributed by atoms with E-state index in [0.717, 1.165) is 37.7 Å². The highest BCUT2D eigenvalue weighted by Crippen LogP contribution is 2.31. The van der Waals surface area contributed by atoms with E-state index >= 15 is 0 Å². The molecule has 1 aliphatic heterocycles. The molecule has 13 nitrogen and oxygen atoms in total. The average molecular weight is 842 g/mol. The zero-order valence-corrected chi connectivity index (χ0v) is 39.3. The Morgan fingerprint density at radius 1 is 0.850 bits per heavy atom. The third-order valence-electron chi connectivity index (χ3n) is 12.8. The van der Waals surface area contributed by atoms with E-state index in [0.29, 0.717) is 19.0 Å². The molecule has 0 radical (unpaired) electrons. The Hall–Kier alpha value is -3.55. The Balaban J connectivity index is 1.80. The number of amides is 4. The molecule has 2 aliphatic rings. The Labute approximate surface area is 361 Å². The normalized spacial score (nSPS) is 20.1. The van der Waals surface area contributed by atoms with Crippen LogP contribution >= 0.6 is 0 Å². The molecule has 0 bridgehead atoms. The molecule has 2 N–H and O–H groups in total. The molecular formula is C47H79N5O8. The lowest BCUT2D eigenvalue weighted by Crippen LogP contribution is -2.61. The predicted octanol–water partition coefficient (Wildman–Crippen LogP) is 5.63. The largest absolute Gasteiger partial charge is 0.458 e. The van der Waals surface area contributed by atoms with Gasteiger partial charge in [0.05, 0.1) is 42.7 Å². The second-order valence-electron chi connectivity index (χ2n) is 19.0. The molecule has 9 atom stereocenters. The van der Waals surface area contributed by atoms with Gasteiger partial charge in [-0.1, -0.05) is 91.6 Å². The maximum atomic E-state index is 14.5. The number of benzene rings is 1. The average Bonchev–Trinajstić information content (AvgIpc) is 3.64. The van der Waals surface area contributed by atoms with Crippen LogP contribution in [0, 0.1) is 23.7 Å². The lowest BCUT2D eigenvalue weighted by molar-refractivity contribution is -0.159. The SMILES string of the molecule is CC[C@H](C)[C@@H]([C@@H](CC(=O)N1CCC[C@H]1[C@H](OC)[C@@H](C)C(=O)N[C@@H](Cc1ccccc1)C(=O)OC(C)(C)C)OC)N(C)C(=O)[C@@H](NC(=O)[C@H](C(C)C)N(C)C1CCC1)C(C)C. The van der Waals surface area contributed by atoms with Crippen LogP contribution in [-0.4, -0.2) is 133 Å². The highest BCUT2D eigenvalue weighted by Gasteiger charge is 2.44. The molecule has 2 fully saturated rings. The summed E-state index contributed by atoms with van der Waals surface area (Å²) in [7, 11) is 6.87. The maximum Gasteiger partial charge on any atom is 0.329 e. The second-order valence-corrected chi connectivity index (χ2v) is 19.0. The highest BCUT2D eigenvalue weighted by atomic mass is 16.6. The van der Waals surface area contributed by atoms with E-state index in [-0.39, 0.29) is 60.3 Å². The van der Waals surface area contributed by atoms with Gasteiger partial charge < -0.3 is 34.6 Å². The van der Waals surface area contributed by atoms with Crippen molar-refractivity contribution in [2.45, 2.75) is 175 Å². The van der Waals surface area contributed by atoms with E-state index in [9.17, 15) is 24.0 Å². The first-order chi connectivity index (χ1) is 28.2. The number of methoxy groups -OCH3 is 2. The highest BCUT2D eigenvalue weighted by molar-refractivity contribution is 5.90. The van der Waals surface area contributed by atoms with Gasteiger partial charge >= 0.3 is 5.97 Å². The molecule has 1 saturated heterocycles. The Morgan fingerprint density at radius 3 is 1.98 bits per heavy atom. The molecule has 13 heteroatoms. The quantitative estimate of drug-likeness (QED) is 0.142. The number of likely N-dealkylation sites (tertiary alicyclic amines) is 1. The van der Waals surface area contributed by atoms with E-state index in [1.807, 2.05) is 65.1 Å². The van der Waals surface area contributed by atoms with Crippen molar-refractivity contribution in [2.75, 3.05) is 34.9 Å². The van der Waals surface area contributed by atoms with Gasteiger partial charge in [-0.25, -0.2) is 4.79 Å². The fourth-order valence-electron chi connectivity index (χ4n) is 8.98. The van der Waals surface area contributed by atoms with Crippen molar-refractivity contribution in [3.8, 4) is 0 Å². The number of likely N-dealkylation sites (N-methyl/N-ethyl adjacent to an activating group) is 2. The van der Waals surface area contributed by atoms with Crippen molar-refractivity contribution in [2.24, 2.45) is 23.7 Å². The van der Waals surface area contributed by atoms with E-state index < -0.39 is 53.9 Å². The number of nitrogens with zero attached hydrogens (tertiary/aromatic N) is 3. The summed E-state index contributed by atoms with van der Waals surface area (Å²) < 4.78 is 17.8. The number of carbonyl (C=O) groups excluding carboxylic acids is 5. The summed E-state index contributed by atoms with van der Waals surface area (Å²) in [6.07, 6.45) is 4.36. The topological polar surface area (TPSA) is 147 Å². The summed E-state index contributed by atoms with van der Waals surface area (Å²) >= 11 is 0. The van der Waals surface area contributed by atoms with Crippen LogP contribution in [0.3, 0.4) is 0 Å². The number of hydrogen-bond donors (Lipinski definition) is 2. The summed E-state index contributed by atoms with van der Waals surface area (Å²) in [6, 6.07) is 6.92. The van der Waals surface area contributed by atoms with Gasteiger partial charge in [-0.3, -0.25) is 24.1 Å². The van der Waals surface area contributed by atoms with Crippen LogP contribution in [0.2, 0.25) is 0 Å². The van der Waals surface area contributed by atoms with Crippen molar-refractivity contribution in [3.63, 3.8) is 0 Å². The summed E-state index contributed by atoms with van der Waals surface area (Å²) in [6.45, 7) is 19.7. The zero-order chi connectivity index (χ0) is 45.1. The standard InChI is InChI=1S/C47H79N5O8/c1-15-31(6)41(51(12)45(56)39(29(2)3)49-44(55)40(30(4)5)50(11)34-23-19-24-34)37(58-13)28-38(53)52-26-20-25-36(52)42(59-14)32(7)43(54)48-35(46(57)60-47(8,9)10)27-33-21-17-16-18-22-33/h16-18,21-22,29-32,34-37,39-42H,15,19-20,23-28H2,1-14H3,(H,48,54)(H,49,55)/t31-,32+,35-,36-,37+,39-,40-,41-,42+/m0/s1. The summed E-state index contributed by atoms with van der Waals surface area (Å²) in [4.78, 5) is 75.7. The van der Waals surface area contributed by atoms with Crippen LogP contribution in [0.4, 0.5) is 0 Å². The molecule has 0 unspecified atom stereocenters. The number of ether oxygens (including phenoxy) is 3. The molecule has 1 saturated carbocycles. The molecule has 1 aliphatic carbocycles. The summed E-state index contributed by atoms with van der Waals surface area (Å²) in [5, 5.41) is 6.08. The van der Waals surface area contributed by atoms with Gasteiger partial charge in [0.15, 0.2) is 0 Å². The van der Waals surface area contributed by atoms with Crippen LogP contribution < -0.4 is 10.6 Å². The second kappa shape index (κ2) is 23.1. The molecular weight excluding hydrogens is 763 g/mol. The van der Waals surface area contributed by atoms with E-state index in [1.165, 1.54) is 0 Å². The minimum Gasteiger partial charge on any atom is -0.458 e. The Bertz CT molecular complexity index is 1550. The van der Waals surface area contributed by atoms with Crippen molar-refractivity contribution in [1.82, 2.24) is 25.3 Å². The first-order valence-corrected chi connectivity index (χ1v) is 22.4. The molecule has 1 heterocycles. The third-order valence-corrected chi connectivity index (χ3v) is 12.8. The van der Waals surface area contributed by atoms with Crippen LogP contribution in [-0.2, 0) is 44.6 Å². The van der Waals surface area contributed by atoms with Gasteiger partial charge in [0, 0.05) is 40.3 Å². The number of hydrogen-bond acceptors (Lipinski definition) is 9. The molecule has 0 spiro atoms. The monoisotopic (exact) mass is 842 g/mol. The van der Waals surface area contributed by atoms with E-state index in [1.54, 1.807) is 58.8 Å². The number of carbonyl (C=O) groups is 5. The molecule has 4 amide bonds. The van der Waals surface area contributed by atoms with Crippen molar-refractivity contribution >= 4 is 29.6 Å². The van der Waals surface area contributed by atoms with Crippen molar-refractivity contribution in [3.05, 3.63) is 35.9 Å². The maximum absolute atomic E-state index is 14.5.